The molecule has 0 spiro atoms. The molecule has 0 saturated carbocycles. The number of likely N-dealkylation sites (tertiary alicyclic amines) is 1. The molecule has 1 aliphatic rings. The van der Waals surface area contributed by atoms with Gasteiger partial charge in [0.25, 0.3) is 0 Å². The molecule has 3 unspecified atom stereocenters. The van der Waals surface area contributed by atoms with Crippen LogP contribution in [0.25, 0.3) is 0 Å². The SMILES string of the molecule is CC1CCN(C(c2ccccc2)c2ccco2)CC1CN. The van der Waals surface area contributed by atoms with Gasteiger partial charge in [0.05, 0.1) is 12.3 Å². The van der Waals surface area contributed by atoms with Gasteiger partial charge in [-0.05, 0) is 49.0 Å². The maximum atomic E-state index is 5.96. The molecule has 0 amide bonds. The van der Waals surface area contributed by atoms with E-state index in [0.29, 0.717) is 11.8 Å². The molecule has 21 heavy (non-hydrogen) atoms. The Labute approximate surface area is 126 Å². The van der Waals surface area contributed by atoms with Gasteiger partial charge in [-0.25, -0.2) is 0 Å². The molecule has 1 aliphatic heterocycles. The monoisotopic (exact) mass is 284 g/mol. The predicted molar refractivity (Wildman–Crippen MR) is 84.9 cm³/mol. The molecule has 3 rings (SSSR count). The second kappa shape index (κ2) is 6.46. The zero-order valence-electron chi connectivity index (χ0n) is 12.6. The van der Waals surface area contributed by atoms with Crippen LogP contribution in [0.15, 0.2) is 53.1 Å². The third kappa shape index (κ3) is 3.04. The summed E-state index contributed by atoms with van der Waals surface area (Å²) in [5.74, 6) is 2.30. The summed E-state index contributed by atoms with van der Waals surface area (Å²) >= 11 is 0. The molecule has 0 radical (unpaired) electrons. The van der Waals surface area contributed by atoms with E-state index < -0.39 is 0 Å². The summed E-state index contributed by atoms with van der Waals surface area (Å²) in [6.07, 6.45) is 2.96. The van der Waals surface area contributed by atoms with Crippen LogP contribution < -0.4 is 5.73 Å². The fraction of sp³-hybridized carbons (Fsp3) is 0.444. The fourth-order valence-corrected chi connectivity index (χ4v) is 3.36. The topological polar surface area (TPSA) is 42.4 Å². The van der Waals surface area contributed by atoms with Gasteiger partial charge in [-0.1, -0.05) is 37.3 Å². The van der Waals surface area contributed by atoms with Crippen molar-refractivity contribution >= 4 is 0 Å². The number of benzene rings is 1. The number of hydrogen-bond donors (Lipinski definition) is 1. The third-order valence-electron chi connectivity index (χ3n) is 4.74. The lowest BCUT2D eigenvalue weighted by Gasteiger charge is -2.40. The van der Waals surface area contributed by atoms with Gasteiger partial charge in [0.1, 0.15) is 5.76 Å². The van der Waals surface area contributed by atoms with Crippen LogP contribution in [0.5, 0.6) is 0 Å². The van der Waals surface area contributed by atoms with E-state index in [4.69, 9.17) is 10.2 Å². The van der Waals surface area contributed by atoms with Gasteiger partial charge in [0.15, 0.2) is 0 Å². The predicted octanol–water partition coefficient (Wildman–Crippen LogP) is 3.29. The van der Waals surface area contributed by atoms with Crippen molar-refractivity contribution in [2.24, 2.45) is 17.6 Å². The molecular formula is C18H24N2O. The summed E-state index contributed by atoms with van der Waals surface area (Å²) in [5, 5.41) is 0. The lowest BCUT2D eigenvalue weighted by Crippen LogP contribution is -2.44. The van der Waals surface area contributed by atoms with Gasteiger partial charge in [-0.15, -0.1) is 0 Å². The summed E-state index contributed by atoms with van der Waals surface area (Å²) in [7, 11) is 0. The van der Waals surface area contributed by atoms with Crippen LogP contribution in [0.4, 0.5) is 0 Å². The summed E-state index contributed by atoms with van der Waals surface area (Å²) in [4.78, 5) is 2.52. The molecule has 0 aliphatic carbocycles. The van der Waals surface area contributed by atoms with Crippen molar-refractivity contribution in [1.82, 2.24) is 4.90 Å². The average molecular weight is 284 g/mol. The Morgan fingerprint density at radius 2 is 2.05 bits per heavy atom. The van der Waals surface area contributed by atoms with Crippen molar-refractivity contribution in [3.8, 4) is 0 Å². The zero-order valence-corrected chi connectivity index (χ0v) is 12.6. The van der Waals surface area contributed by atoms with E-state index in [1.54, 1.807) is 6.26 Å². The molecule has 1 saturated heterocycles. The number of nitrogens with zero attached hydrogens (tertiary/aromatic N) is 1. The minimum absolute atomic E-state index is 0.197. The summed E-state index contributed by atoms with van der Waals surface area (Å²) in [6.45, 7) is 5.21. The summed E-state index contributed by atoms with van der Waals surface area (Å²) in [6, 6.07) is 14.9. The first-order valence-corrected chi connectivity index (χ1v) is 7.82. The van der Waals surface area contributed by atoms with Crippen LogP contribution in [-0.2, 0) is 0 Å². The van der Waals surface area contributed by atoms with Crippen molar-refractivity contribution in [1.29, 1.82) is 0 Å². The molecule has 3 atom stereocenters. The van der Waals surface area contributed by atoms with Gasteiger partial charge in [0, 0.05) is 6.54 Å². The number of nitrogens with two attached hydrogens (primary N) is 1. The lowest BCUT2D eigenvalue weighted by atomic mass is 9.85. The standard InChI is InChI=1S/C18H24N2O/c1-14-9-10-20(13-16(14)12-19)18(17-8-5-11-21-17)15-6-3-2-4-7-15/h2-8,11,14,16,18H,9-10,12-13,19H2,1H3. The quantitative estimate of drug-likeness (QED) is 0.937. The molecule has 3 heteroatoms. The Bertz CT molecular complexity index is 538. The highest BCUT2D eigenvalue weighted by atomic mass is 16.3. The van der Waals surface area contributed by atoms with Gasteiger partial charge in [-0.3, -0.25) is 4.90 Å². The van der Waals surface area contributed by atoms with E-state index in [2.05, 4.69) is 48.2 Å². The van der Waals surface area contributed by atoms with Crippen LogP contribution in [0.1, 0.15) is 30.7 Å². The van der Waals surface area contributed by atoms with E-state index in [1.807, 2.05) is 6.07 Å². The molecule has 1 aromatic carbocycles. The Balaban J connectivity index is 1.89. The Morgan fingerprint density at radius 1 is 1.24 bits per heavy atom. The van der Waals surface area contributed by atoms with Crippen LogP contribution in [0.3, 0.4) is 0 Å². The maximum absolute atomic E-state index is 5.96. The highest BCUT2D eigenvalue weighted by Gasteiger charge is 2.32. The fourth-order valence-electron chi connectivity index (χ4n) is 3.36. The first-order chi connectivity index (χ1) is 10.3. The second-order valence-corrected chi connectivity index (χ2v) is 6.09. The molecule has 2 aromatic rings. The zero-order chi connectivity index (χ0) is 14.7. The van der Waals surface area contributed by atoms with Crippen molar-refractivity contribution in [2.45, 2.75) is 19.4 Å². The van der Waals surface area contributed by atoms with Crippen LogP contribution in [-0.4, -0.2) is 24.5 Å². The molecular weight excluding hydrogens is 260 g/mol. The van der Waals surface area contributed by atoms with E-state index >= 15 is 0 Å². The van der Waals surface area contributed by atoms with E-state index in [9.17, 15) is 0 Å². The smallest absolute Gasteiger partial charge is 0.125 e. The summed E-state index contributed by atoms with van der Waals surface area (Å²) in [5.41, 5.74) is 7.25. The van der Waals surface area contributed by atoms with Gasteiger partial charge < -0.3 is 10.2 Å². The Kier molecular flexibility index (Phi) is 4.42. The van der Waals surface area contributed by atoms with Gasteiger partial charge in [-0.2, -0.15) is 0 Å². The second-order valence-electron chi connectivity index (χ2n) is 6.09. The van der Waals surface area contributed by atoms with Crippen molar-refractivity contribution in [3.63, 3.8) is 0 Å². The van der Waals surface area contributed by atoms with Gasteiger partial charge in [0.2, 0.25) is 0 Å². The molecule has 1 aromatic heterocycles. The van der Waals surface area contributed by atoms with E-state index in [-0.39, 0.29) is 6.04 Å². The Hall–Kier alpha value is -1.58. The molecule has 3 nitrogen and oxygen atoms in total. The van der Waals surface area contributed by atoms with Crippen LogP contribution >= 0.6 is 0 Å². The van der Waals surface area contributed by atoms with Gasteiger partial charge >= 0.3 is 0 Å². The van der Waals surface area contributed by atoms with Crippen molar-refractivity contribution in [3.05, 3.63) is 60.1 Å². The van der Waals surface area contributed by atoms with Crippen LogP contribution in [0.2, 0.25) is 0 Å². The highest BCUT2D eigenvalue weighted by molar-refractivity contribution is 5.26. The average Bonchev–Trinajstić information content (AvgIpc) is 3.04. The largest absolute Gasteiger partial charge is 0.467 e. The minimum Gasteiger partial charge on any atom is -0.467 e. The molecule has 1 fully saturated rings. The first kappa shape index (κ1) is 14.4. The Morgan fingerprint density at radius 3 is 2.71 bits per heavy atom. The number of rotatable bonds is 4. The molecule has 112 valence electrons. The molecule has 0 bridgehead atoms. The molecule has 2 N–H and O–H groups in total. The first-order valence-electron chi connectivity index (χ1n) is 7.82. The van der Waals surface area contributed by atoms with Crippen molar-refractivity contribution < 1.29 is 4.42 Å². The van der Waals surface area contributed by atoms with Crippen molar-refractivity contribution in [2.75, 3.05) is 19.6 Å². The summed E-state index contributed by atoms with van der Waals surface area (Å²) < 4.78 is 5.73. The lowest BCUT2D eigenvalue weighted by molar-refractivity contribution is 0.0968. The van der Waals surface area contributed by atoms with Crippen LogP contribution in [0, 0.1) is 11.8 Å². The molecule has 2 heterocycles. The highest BCUT2D eigenvalue weighted by Crippen LogP contribution is 2.34. The number of furan rings is 1. The van der Waals surface area contributed by atoms with E-state index in [0.717, 1.165) is 25.4 Å². The maximum Gasteiger partial charge on any atom is 0.125 e. The van der Waals surface area contributed by atoms with E-state index in [1.165, 1.54) is 12.0 Å². The number of hydrogen-bond acceptors (Lipinski definition) is 3. The minimum atomic E-state index is 0.197. The number of piperidine rings is 1. The normalized spacial score (nSPS) is 24.9. The third-order valence-corrected chi connectivity index (χ3v) is 4.74.